The monoisotopic (exact) mass is 140 g/mol. The second-order valence-corrected chi connectivity index (χ2v) is 2.42. The van der Waals surface area contributed by atoms with Gasteiger partial charge in [0.05, 0.1) is 6.61 Å². The van der Waals surface area contributed by atoms with E-state index in [0.717, 1.165) is 12.8 Å². The molecule has 0 aromatic carbocycles. The molecule has 0 saturated carbocycles. The molecule has 0 radical (unpaired) electrons. The van der Waals surface area contributed by atoms with Crippen molar-refractivity contribution in [3.63, 3.8) is 0 Å². The molecule has 0 N–H and O–H groups in total. The Morgan fingerprint density at radius 2 is 2.20 bits per heavy atom. The summed E-state index contributed by atoms with van der Waals surface area (Å²) < 4.78 is 4.86. The quantitative estimate of drug-likeness (QED) is 0.378. The number of hydrogen-bond donors (Lipinski definition) is 0. The topological polar surface area (TPSA) is 26.3 Å². The molecule has 0 aliphatic carbocycles. The molecule has 10 heavy (non-hydrogen) atoms. The van der Waals surface area contributed by atoms with Gasteiger partial charge in [0.15, 0.2) is 0 Å². The van der Waals surface area contributed by atoms with Crippen molar-refractivity contribution in [1.29, 1.82) is 0 Å². The van der Waals surface area contributed by atoms with Crippen molar-refractivity contribution in [2.75, 3.05) is 6.61 Å². The molecular weight excluding hydrogens is 128 g/mol. The van der Waals surface area contributed by atoms with Crippen molar-refractivity contribution >= 4 is 5.97 Å². The fourth-order valence-corrected chi connectivity index (χ4v) is 1.04. The van der Waals surface area contributed by atoms with E-state index in [4.69, 9.17) is 4.74 Å². The lowest BCUT2D eigenvalue weighted by Gasteiger charge is -1.96. The molecule has 0 amide bonds. The Morgan fingerprint density at radius 1 is 1.40 bits per heavy atom. The second-order valence-electron chi connectivity index (χ2n) is 2.42. The van der Waals surface area contributed by atoms with Crippen molar-refractivity contribution in [3.8, 4) is 0 Å². The molecule has 1 aliphatic rings. The predicted molar refractivity (Wildman–Crippen MR) is 38.6 cm³/mol. The van der Waals surface area contributed by atoms with Crippen LogP contribution in [0, 0.1) is 0 Å². The van der Waals surface area contributed by atoms with Gasteiger partial charge < -0.3 is 4.74 Å². The summed E-state index contributed by atoms with van der Waals surface area (Å²) in [6, 6.07) is 0. The highest BCUT2D eigenvalue weighted by molar-refractivity contribution is 5.70. The zero-order valence-electron chi connectivity index (χ0n) is 6.22. The third-order valence-corrected chi connectivity index (χ3v) is 1.74. The lowest BCUT2D eigenvalue weighted by atomic mass is 10.1. The van der Waals surface area contributed by atoms with E-state index in [1.165, 1.54) is 5.57 Å². The third-order valence-electron chi connectivity index (χ3n) is 1.74. The van der Waals surface area contributed by atoms with Gasteiger partial charge in [-0.3, -0.25) is 4.79 Å². The zero-order valence-corrected chi connectivity index (χ0v) is 6.22. The lowest BCUT2D eigenvalue weighted by Crippen LogP contribution is -2.00. The van der Waals surface area contributed by atoms with Crippen molar-refractivity contribution < 1.29 is 9.53 Å². The summed E-state index contributed by atoms with van der Waals surface area (Å²) in [5.41, 5.74) is 1.34. The Balaban J connectivity index is 2.48. The van der Waals surface area contributed by atoms with Crippen LogP contribution in [0.3, 0.4) is 0 Å². The molecule has 0 spiro atoms. The summed E-state index contributed by atoms with van der Waals surface area (Å²) in [5.74, 6) is -0.0585. The first-order chi connectivity index (χ1) is 4.83. The van der Waals surface area contributed by atoms with Crippen molar-refractivity contribution in [3.05, 3.63) is 11.6 Å². The van der Waals surface area contributed by atoms with Crippen LogP contribution in [0.4, 0.5) is 0 Å². The second kappa shape index (κ2) is 3.40. The van der Waals surface area contributed by atoms with Crippen LogP contribution < -0.4 is 0 Å². The first-order valence-electron chi connectivity index (χ1n) is 3.62. The first kappa shape index (κ1) is 7.32. The molecule has 56 valence electrons. The summed E-state index contributed by atoms with van der Waals surface area (Å²) in [7, 11) is 0. The largest absolute Gasteiger partial charge is 0.465 e. The van der Waals surface area contributed by atoms with Crippen LogP contribution in [0.15, 0.2) is 11.6 Å². The minimum atomic E-state index is -0.0585. The Morgan fingerprint density at radius 3 is 2.90 bits per heavy atom. The maximum Gasteiger partial charge on any atom is 0.306 e. The number of carbonyl (C=O) groups excluding carboxylic acids is 1. The summed E-state index contributed by atoms with van der Waals surface area (Å²) >= 11 is 0. The average molecular weight is 140 g/mol. The number of carbonyl (C=O) groups is 1. The lowest BCUT2D eigenvalue weighted by molar-refractivity contribution is -0.142. The van der Waals surface area contributed by atoms with Crippen LogP contribution in [0.1, 0.15) is 26.2 Å². The van der Waals surface area contributed by atoms with E-state index in [-0.39, 0.29) is 5.97 Å². The van der Waals surface area contributed by atoms with E-state index < -0.39 is 0 Å². The molecule has 1 aliphatic heterocycles. The third kappa shape index (κ3) is 1.87. The average Bonchev–Trinajstić information content (AvgIpc) is 2.14. The van der Waals surface area contributed by atoms with E-state index in [0.29, 0.717) is 13.0 Å². The van der Waals surface area contributed by atoms with Crippen LogP contribution in [0.25, 0.3) is 0 Å². The maximum atomic E-state index is 10.7. The minimum Gasteiger partial charge on any atom is -0.465 e. The molecule has 1 saturated heterocycles. The molecule has 2 nitrogen and oxygen atoms in total. The number of allylic oxidation sites excluding steroid dienone is 1. The molecule has 0 aromatic rings. The van der Waals surface area contributed by atoms with Gasteiger partial charge in [0.25, 0.3) is 0 Å². The van der Waals surface area contributed by atoms with Crippen LogP contribution >= 0.6 is 0 Å². The molecule has 0 bridgehead atoms. The number of cyclic esters (lactones) is 1. The Labute approximate surface area is 60.9 Å². The van der Waals surface area contributed by atoms with Crippen molar-refractivity contribution in [2.45, 2.75) is 26.2 Å². The standard InChI is InChI=1S/C8H12O2/c1-2-7-3-4-8(9)10-6-5-7/h2H,3-6H2,1H3/b7-2+. The molecule has 0 aromatic heterocycles. The Hall–Kier alpha value is -0.790. The van der Waals surface area contributed by atoms with Crippen LogP contribution in [-0.4, -0.2) is 12.6 Å². The van der Waals surface area contributed by atoms with E-state index in [2.05, 4.69) is 6.08 Å². The van der Waals surface area contributed by atoms with Gasteiger partial charge in [-0.15, -0.1) is 0 Å². The summed E-state index contributed by atoms with van der Waals surface area (Å²) in [6.07, 6.45) is 4.43. The number of hydrogen-bond acceptors (Lipinski definition) is 2. The van der Waals surface area contributed by atoms with E-state index >= 15 is 0 Å². The number of esters is 1. The van der Waals surface area contributed by atoms with E-state index in [1.54, 1.807) is 0 Å². The maximum absolute atomic E-state index is 10.7. The zero-order chi connectivity index (χ0) is 7.40. The highest BCUT2D eigenvalue weighted by Gasteiger charge is 2.09. The van der Waals surface area contributed by atoms with Gasteiger partial charge in [-0.1, -0.05) is 11.6 Å². The molecule has 2 heteroatoms. The fourth-order valence-electron chi connectivity index (χ4n) is 1.04. The summed E-state index contributed by atoms with van der Waals surface area (Å²) in [6.45, 7) is 2.57. The Bertz CT molecular complexity index is 159. The molecule has 0 unspecified atom stereocenters. The van der Waals surface area contributed by atoms with Gasteiger partial charge >= 0.3 is 5.97 Å². The molecular formula is C8H12O2. The van der Waals surface area contributed by atoms with Crippen LogP contribution in [0.5, 0.6) is 0 Å². The molecule has 1 fully saturated rings. The minimum absolute atomic E-state index is 0.0585. The normalized spacial score (nSPS) is 24.1. The van der Waals surface area contributed by atoms with Crippen LogP contribution in [0.2, 0.25) is 0 Å². The predicted octanol–water partition coefficient (Wildman–Crippen LogP) is 1.66. The first-order valence-corrected chi connectivity index (χ1v) is 3.62. The highest BCUT2D eigenvalue weighted by Crippen LogP contribution is 2.14. The van der Waals surface area contributed by atoms with Crippen molar-refractivity contribution in [1.82, 2.24) is 0 Å². The van der Waals surface area contributed by atoms with Gasteiger partial charge in [-0.05, 0) is 13.3 Å². The molecule has 1 heterocycles. The van der Waals surface area contributed by atoms with Gasteiger partial charge in [-0.2, -0.15) is 0 Å². The van der Waals surface area contributed by atoms with E-state index in [1.807, 2.05) is 6.92 Å². The van der Waals surface area contributed by atoms with Crippen molar-refractivity contribution in [2.24, 2.45) is 0 Å². The van der Waals surface area contributed by atoms with E-state index in [9.17, 15) is 4.79 Å². The summed E-state index contributed by atoms with van der Waals surface area (Å²) in [5, 5.41) is 0. The van der Waals surface area contributed by atoms with Crippen LogP contribution in [-0.2, 0) is 9.53 Å². The SMILES string of the molecule is C/C=C1/CCOC(=O)CC1. The highest BCUT2D eigenvalue weighted by atomic mass is 16.5. The Kier molecular flexibility index (Phi) is 2.49. The smallest absolute Gasteiger partial charge is 0.306 e. The van der Waals surface area contributed by atoms with Gasteiger partial charge in [0, 0.05) is 12.8 Å². The van der Waals surface area contributed by atoms with Gasteiger partial charge in [0.1, 0.15) is 0 Å². The molecule has 1 rings (SSSR count). The fraction of sp³-hybridized carbons (Fsp3) is 0.625. The number of ether oxygens (including phenoxy) is 1. The van der Waals surface area contributed by atoms with Gasteiger partial charge in [-0.25, -0.2) is 0 Å². The number of rotatable bonds is 0. The van der Waals surface area contributed by atoms with Gasteiger partial charge in [0.2, 0.25) is 0 Å². The summed E-state index contributed by atoms with van der Waals surface area (Å²) in [4.78, 5) is 10.7. The molecule has 0 atom stereocenters.